The average molecular weight is 234 g/mol. The van der Waals surface area contributed by atoms with Crippen LogP contribution < -0.4 is 16.2 Å². The number of nitrogens with two attached hydrogens (primary N) is 2. The zero-order chi connectivity index (χ0) is 12.3. The molecule has 94 valence electrons. The first-order chi connectivity index (χ1) is 8.24. The van der Waals surface area contributed by atoms with E-state index in [-0.39, 0.29) is 6.04 Å². The van der Waals surface area contributed by atoms with Crippen molar-refractivity contribution in [2.75, 3.05) is 13.2 Å². The van der Waals surface area contributed by atoms with Crippen molar-refractivity contribution in [3.8, 4) is 5.75 Å². The van der Waals surface area contributed by atoms with E-state index < -0.39 is 0 Å². The van der Waals surface area contributed by atoms with Gasteiger partial charge in [0.25, 0.3) is 0 Å². The lowest BCUT2D eigenvalue weighted by atomic mass is 10.0. The summed E-state index contributed by atoms with van der Waals surface area (Å²) < 4.78 is 5.85. The molecular weight excluding hydrogens is 212 g/mol. The van der Waals surface area contributed by atoms with Crippen LogP contribution in [0.3, 0.4) is 0 Å². The minimum absolute atomic E-state index is 0.129. The molecule has 0 bridgehead atoms. The number of rotatable bonds is 6. The van der Waals surface area contributed by atoms with E-state index in [1.807, 2.05) is 6.07 Å². The molecule has 2 rings (SSSR count). The Balaban J connectivity index is 2.15. The van der Waals surface area contributed by atoms with Crippen LogP contribution in [0, 0.1) is 5.92 Å². The summed E-state index contributed by atoms with van der Waals surface area (Å²) >= 11 is 0. The molecule has 0 saturated heterocycles. The van der Waals surface area contributed by atoms with E-state index in [1.54, 1.807) is 0 Å². The van der Waals surface area contributed by atoms with Gasteiger partial charge < -0.3 is 16.2 Å². The van der Waals surface area contributed by atoms with Crippen LogP contribution >= 0.6 is 0 Å². The topological polar surface area (TPSA) is 61.3 Å². The molecule has 17 heavy (non-hydrogen) atoms. The summed E-state index contributed by atoms with van der Waals surface area (Å²) in [7, 11) is 0. The summed E-state index contributed by atoms with van der Waals surface area (Å²) in [6.07, 6.45) is 3.60. The first kappa shape index (κ1) is 12.4. The van der Waals surface area contributed by atoms with Crippen LogP contribution in [-0.2, 0) is 6.42 Å². The van der Waals surface area contributed by atoms with Gasteiger partial charge in [-0.3, -0.25) is 0 Å². The Labute approximate surface area is 103 Å². The summed E-state index contributed by atoms with van der Waals surface area (Å²) in [5, 5.41) is 0. The third-order valence-corrected chi connectivity index (χ3v) is 3.31. The molecular formula is C14H22N2O. The van der Waals surface area contributed by atoms with E-state index in [1.165, 1.54) is 18.4 Å². The molecule has 0 heterocycles. The molecule has 0 aliphatic heterocycles. The maximum atomic E-state index is 6.04. The maximum absolute atomic E-state index is 6.04. The predicted molar refractivity (Wildman–Crippen MR) is 70.0 cm³/mol. The third-order valence-electron chi connectivity index (χ3n) is 3.31. The van der Waals surface area contributed by atoms with Crippen LogP contribution in [-0.4, -0.2) is 13.2 Å². The fraction of sp³-hybridized carbons (Fsp3) is 0.571. The van der Waals surface area contributed by atoms with Crippen LogP contribution in [0.5, 0.6) is 5.75 Å². The molecule has 0 amide bonds. The fourth-order valence-corrected chi connectivity index (χ4v) is 1.86. The van der Waals surface area contributed by atoms with Crippen molar-refractivity contribution in [2.24, 2.45) is 17.4 Å². The van der Waals surface area contributed by atoms with Gasteiger partial charge in [0.05, 0.1) is 6.61 Å². The minimum Gasteiger partial charge on any atom is -0.493 e. The maximum Gasteiger partial charge on any atom is 0.124 e. The molecule has 3 heteroatoms. The lowest BCUT2D eigenvalue weighted by Crippen LogP contribution is -2.22. The third kappa shape index (κ3) is 3.20. The van der Waals surface area contributed by atoms with Crippen molar-refractivity contribution in [1.29, 1.82) is 0 Å². The second-order valence-corrected chi connectivity index (χ2v) is 4.82. The second-order valence-electron chi connectivity index (χ2n) is 4.82. The van der Waals surface area contributed by atoms with Gasteiger partial charge in [-0.15, -0.1) is 0 Å². The SMILES string of the molecule is CCc1ccc(OCC2CC2)c(C(N)CN)c1. The Morgan fingerprint density at radius 2 is 2.18 bits per heavy atom. The smallest absolute Gasteiger partial charge is 0.124 e. The molecule has 3 nitrogen and oxygen atoms in total. The summed E-state index contributed by atoms with van der Waals surface area (Å²) in [6, 6.07) is 6.14. The van der Waals surface area contributed by atoms with Crippen LogP contribution in [0.2, 0.25) is 0 Å². The molecule has 4 N–H and O–H groups in total. The lowest BCUT2D eigenvalue weighted by molar-refractivity contribution is 0.295. The Hall–Kier alpha value is -1.06. The highest BCUT2D eigenvalue weighted by atomic mass is 16.5. The quantitative estimate of drug-likeness (QED) is 0.791. The molecule has 1 aromatic carbocycles. The number of hydrogen-bond acceptors (Lipinski definition) is 3. The van der Waals surface area contributed by atoms with Gasteiger partial charge in [0.1, 0.15) is 5.75 Å². The van der Waals surface area contributed by atoms with E-state index in [0.717, 1.165) is 30.3 Å². The zero-order valence-corrected chi connectivity index (χ0v) is 10.5. The fourth-order valence-electron chi connectivity index (χ4n) is 1.86. The van der Waals surface area contributed by atoms with E-state index >= 15 is 0 Å². The van der Waals surface area contributed by atoms with Gasteiger partial charge >= 0.3 is 0 Å². The molecule has 0 spiro atoms. The Bertz CT molecular complexity index is 374. The lowest BCUT2D eigenvalue weighted by Gasteiger charge is -2.17. The van der Waals surface area contributed by atoms with Crippen LogP contribution in [0.15, 0.2) is 18.2 Å². The number of ether oxygens (including phenoxy) is 1. The van der Waals surface area contributed by atoms with Crippen molar-refractivity contribution in [3.05, 3.63) is 29.3 Å². The highest BCUT2D eigenvalue weighted by molar-refractivity contribution is 5.39. The van der Waals surface area contributed by atoms with Crippen LogP contribution in [0.4, 0.5) is 0 Å². The predicted octanol–water partition coefficient (Wildman–Crippen LogP) is 2.00. The molecule has 1 fully saturated rings. The monoisotopic (exact) mass is 234 g/mol. The van der Waals surface area contributed by atoms with Crippen LogP contribution in [0.25, 0.3) is 0 Å². The van der Waals surface area contributed by atoms with Crippen molar-refractivity contribution >= 4 is 0 Å². The van der Waals surface area contributed by atoms with E-state index in [4.69, 9.17) is 16.2 Å². The van der Waals surface area contributed by atoms with Gasteiger partial charge in [-0.1, -0.05) is 19.1 Å². The number of benzene rings is 1. The van der Waals surface area contributed by atoms with Gasteiger partial charge in [-0.2, -0.15) is 0 Å². The standard InChI is InChI=1S/C14H22N2O/c1-2-10-5-6-14(17-9-11-3-4-11)12(7-10)13(16)8-15/h5-7,11,13H,2-4,8-9,15-16H2,1H3. The molecule has 1 aromatic rings. The largest absolute Gasteiger partial charge is 0.493 e. The zero-order valence-electron chi connectivity index (χ0n) is 10.5. The summed E-state index contributed by atoms with van der Waals surface area (Å²) in [4.78, 5) is 0. The van der Waals surface area contributed by atoms with Gasteiger partial charge in [0, 0.05) is 18.2 Å². The summed E-state index contributed by atoms with van der Waals surface area (Å²) in [5.74, 6) is 1.66. The first-order valence-electron chi connectivity index (χ1n) is 6.45. The molecule has 1 saturated carbocycles. The van der Waals surface area contributed by atoms with Gasteiger partial charge in [-0.05, 0) is 36.8 Å². The van der Waals surface area contributed by atoms with Gasteiger partial charge in [-0.25, -0.2) is 0 Å². The Morgan fingerprint density at radius 1 is 1.41 bits per heavy atom. The van der Waals surface area contributed by atoms with Gasteiger partial charge in [0.15, 0.2) is 0 Å². The van der Waals surface area contributed by atoms with E-state index in [2.05, 4.69) is 19.1 Å². The van der Waals surface area contributed by atoms with Crippen LogP contribution in [0.1, 0.15) is 36.9 Å². The highest BCUT2D eigenvalue weighted by Gasteiger charge is 2.22. The van der Waals surface area contributed by atoms with Crippen molar-refractivity contribution in [3.63, 3.8) is 0 Å². The molecule has 1 unspecified atom stereocenters. The van der Waals surface area contributed by atoms with Crippen molar-refractivity contribution < 1.29 is 4.74 Å². The van der Waals surface area contributed by atoms with E-state index in [0.29, 0.717) is 6.54 Å². The first-order valence-corrected chi connectivity index (χ1v) is 6.45. The molecule has 0 aromatic heterocycles. The number of hydrogen-bond donors (Lipinski definition) is 2. The summed E-state index contributed by atoms with van der Waals surface area (Å²) in [5.41, 5.74) is 14.0. The average Bonchev–Trinajstić information content (AvgIpc) is 3.19. The highest BCUT2D eigenvalue weighted by Crippen LogP contribution is 2.31. The van der Waals surface area contributed by atoms with E-state index in [9.17, 15) is 0 Å². The summed E-state index contributed by atoms with van der Waals surface area (Å²) in [6.45, 7) is 3.40. The van der Waals surface area contributed by atoms with Gasteiger partial charge in [0.2, 0.25) is 0 Å². The normalized spacial score (nSPS) is 16.9. The number of aryl methyl sites for hydroxylation is 1. The second kappa shape index (κ2) is 5.52. The van der Waals surface area contributed by atoms with Crippen molar-refractivity contribution in [2.45, 2.75) is 32.2 Å². The van der Waals surface area contributed by atoms with Crippen molar-refractivity contribution in [1.82, 2.24) is 0 Å². The minimum atomic E-state index is -0.129. The molecule has 0 radical (unpaired) electrons. The molecule has 1 aliphatic rings. The molecule has 1 aliphatic carbocycles. The Morgan fingerprint density at radius 3 is 2.76 bits per heavy atom. The Kier molecular flexibility index (Phi) is 4.02. The molecule has 1 atom stereocenters.